The highest BCUT2D eigenvalue weighted by atomic mass is 32.2. The number of hydrogen-bond acceptors (Lipinski definition) is 6. The minimum atomic E-state index is -3.76. The Labute approximate surface area is 133 Å². The van der Waals surface area contributed by atoms with Gasteiger partial charge in [0.1, 0.15) is 4.21 Å². The molecule has 0 radical (unpaired) electrons. The summed E-state index contributed by atoms with van der Waals surface area (Å²) in [6.07, 6.45) is 0. The van der Waals surface area contributed by atoms with Crippen LogP contribution < -0.4 is 4.72 Å². The number of anilines is 1. The van der Waals surface area contributed by atoms with Gasteiger partial charge >= 0.3 is 0 Å². The Kier molecular flexibility index (Phi) is 4.87. The lowest BCUT2D eigenvalue weighted by atomic mass is 10.3. The highest BCUT2D eigenvalue weighted by Crippen LogP contribution is 2.22. The molecule has 1 aromatic carbocycles. The average Bonchev–Trinajstić information content (AvgIpc) is 3.01. The predicted octanol–water partition coefficient (Wildman–Crippen LogP) is 1.73. The Bertz CT molecular complexity index is 827. The Morgan fingerprint density at radius 1 is 1.09 bits per heavy atom. The summed E-state index contributed by atoms with van der Waals surface area (Å²) >= 11 is 1.09. The third-order valence-corrected chi connectivity index (χ3v) is 7.23. The Hall–Kier alpha value is -1.46. The van der Waals surface area contributed by atoms with E-state index in [4.69, 9.17) is 0 Å². The first kappa shape index (κ1) is 16.9. The van der Waals surface area contributed by atoms with Crippen molar-refractivity contribution in [3.63, 3.8) is 0 Å². The molecule has 120 valence electrons. The van der Waals surface area contributed by atoms with Gasteiger partial charge in [0.15, 0.2) is 0 Å². The van der Waals surface area contributed by atoms with E-state index in [1.54, 1.807) is 11.4 Å². The van der Waals surface area contributed by atoms with Gasteiger partial charge < -0.3 is 0 Å². The third kappa shape index (κ3) is 3.47. The molecule has 0 spiro atoms. The number of thiophene rings is 1. The molecule has 0 aliphatic rings. The van der Waals surface area contributed by atoms with E-state index in [1.807, 2.05) is 0 Å². The minimum absolute atomic E-state index is 0.00378. The van der Waals surface area contributed by atoms with Crippen molar-refractivity contribution in [2.24, 2.45) is 0 Å². The first-order valence-electron chi connectivity index (χ1n) is 5.97. The lowest BCUT2D eigenvalue weighted by Gasteiger charge is -2.14. The summed E-state index contributed by atoms with van der Waals surface area (Å²) in [5.74, 6) is 0. The van der Waals surface area contributed by atoms with Crippen LogP contribution in [0.5, 0.6) is 0 Å². The molecule has 2 rings (SSSR count). The maximum Gasteiger partial charge on any atom is 0.271 e. The van der Waals surface area contributed by atoms with Crippen LogP contribution in [0, 0.1) is 0 Å². The molecule has 0 amide bonds. The Balaban J connectivity index is 2.24. The van der Waals surface area contributed by atoms with E-state index >= 15 is 0 Å². The monoisotopic (exact) mass is 362 g/mol. The second-order valence-electron chi connectivity index (χ2n) is 4.16. The zero-order chi connectivity index (χ0) is 16.4. The maximum atomic E-state index is 12.1. The van der Waals surface area contributed by atoms with Gasteiger partial charge in [0, 0.05) is 12.7 Å². The molecule has 1 N–H and O–H groups in total. The van der Waals surface area contributed by atoms with Crippen LogP contribution in [-0.2, 0) is 24.9 Å². The fourth-order valence-corrected chi connectivity index (χ4v) is 4.59. The van der Waals surface area contributed by atoms with Crippen LogP contribution in [0.3, 0.4) is 0 Å². The van der Waals surface area contributed by atoms with Crippen LogP contribution in [0.1, 0.15) is 0 Å². The summed E-state index contributed by atoms with van der Waals surface area (Å²) < 4.78 is 51.4. The molecule has 0 aliphatic carbocycles. The maximum absolute atomic E-state index is 12.1. The van der Waals surface area contributed by atoms with E-state index in [9.17, 15) is 16.8 Å². The molecule has 0 fully saturated rings. The number of rotatable bonds is 6. The van der Waals surface area contributed by atoms with Crippen LogP contribution >= 0.6 is 11.3 Å². The van der Waals surface area contributed by atoms with Crippen molar-refractivity contribution in [2.45, 2.75) is 9.10 Å². The van der Waals surface area contributed by atoms with Crippen LogP contribution in [0.25, 0.3) is 0 Å². The van der Waals surface area contributed by atoms with E-state index in [2.05, 4.69) is 9.56 Å². The van der Waals surface area contributed by atoms with E-state index in [1.165, 1.54) is 44.5 Å². The number of nitrogens with zero attached hydrogens (tertiary/aromatic N) is 1. The van der Waals surface area contributed by atoms with E-state index in [-0.39, 0.29) is 14.8 Å². The highest BCUT2D eigenvalue weighted by Gasteiger charge is 2.21. The average molecular weight is 362 g/mol. The standard InChI is InChI=1S/C12H14N2O5S3/c1-14(19-2)22(17,18)11-7-5-10(6-8-11)13-21(15,16)12-4-3-9-20-12/h3-9,13H,1-2H3. The molecule has 0 saturated heterocycles. The van der Waals surface area contributed by atoms with Gasteiger partial charge in [-0.05, 0) is 35.7 Å². The van der Waals surface area contributed by atoms with Crippen LogP contribution in [0.2, 0.25) is 0 Å². The molecule has 22 heavy (non-hydrogen) atoms. The second-order valence-corrected chi connectivity index (χ2v) is 8.95. The number of hydrogen-bond donors (Lipinski definition) is 1. The molecular weight excluding hydrogens is 348 g/mol. The molecule has 0 unspecified atom stereocenters. The van der Waals surface area contributed by atoms with E-state index < -0.39 is 20.0 Å². The van der Waals surface area contributed by atoms with Gasteiger partial charge in [-0.25, -0.2) is 16.8 Å². The summed E-state index contributed by atoms with van der Waals surface area (Å²) in [5.41, 5.74) is 0.271. The van der Waals surface area contributed by atoms with Crippen molar-refractivity contribution in [1.29, 1.82) is 0 Å². The topological polar surface area (TPSA) is 92.8 Å². The summed E-state index contributed by atoms with van der Waals surface area (Å²) in [6.45, 7) is 0. The van der Waals surface area contributed by atoms with Gasteiger partial charge in [-0.3, -0.25) is 9.56 Å². The third-order valence-electron chi connectivity index (χ3n) is 2.76. The number of sulfonamides is 2. The molecule has 2 aromatic rings. The summed E-state index contributed by atoms with van der Waals surface area (Å²) in [5, 5.41) is 1.66. The Morgan fingerprint density at radius 2 is 1.73 bits per heavy atom. The quantitative estimate of drug-likeness (QED) is 0.790. The number of nitrogens with one attached hydrogen (secondary N) is 1. The predicted molar refractivity (Wildman–Crippen MR) is 83.5 cm³/mol. The minimum Gasteiger partial charge on any atom is -0.288 e. The lowest BCUT2D eigenvalue weighted by Crippen LogP contribution is -2.25. The smallest absolute Gasteiger partial charge is 0.271 e. The van der Waals surface area contributed by atoms with Crippen molar-refractivity contribution in [2.75, 3.05) is 18.9 Å². The molecule has 1 aromatic heterocycles. The summed E-state index contributed by atoms with van der Waals surface area (Å²) in [7, 11) is -4.91. The molecule has 0 atom stereocenters. The Morgan fingerprint density at radius 3 is 2.23 bits per heavy atom. The van der Waals surface area contributed by atoms with Gasteiger partial charge in [0.2, 0.25) is 0 Å². The van der Waals surface area contributed by atoms with Crippen LogP contribution in [0.15, 0.2) is 50.9 Å². The van der Waals surface area contributed by atoms with Crippen molar-refractivity contribution in [3.05, 3.63) is 41.8 Å². The van der Waals surface area contributed by atoms with Gasteiger partial charge in [0.05, 0.1) is 12.0 Å². The van der Waals surface area contributed by atoms with Gasteiger partial charge in [-0.1, -0.05) is 10.5 Å². The van der Waals surface area contributed by atoms with Gasteiger partial charge in [-0.15, -0.1) is 11.3 Å². The first-order valence-corrected chi connectivity index (χ1v) is 9.77. The lowest BCUT2D eigenvalue weighted by molar-refractivity contribution is -0.0258. The fraction of sp³-hybridized carbons (Fsp3) is 0.167. The van der Waals surface area contributed by atoms with Gasteiger partial charge in [-0.2, -0.15) is 0 Å². The second kappa shape index (κ2) is 6.34. The normalized spacial score (nSPS) is 12.5. The fourth-order valence-electron chi connectivity index (χ4n) is 1.56. The molecule has 10 heteroatoms. The zero-order valence-electron chi connectivity index (χ0n) is 11.8. The largest absolute Gasteiger partial charge is 0.288 e. The van der Waals surface area contributed by atoms with Crippen LogP contribution in [0.4, 0.5) is 5.69 Å². The number of hydroxylamine groups is 1. The summed E-state index contributed by atoms with van der Waals surface area (Å²) in [6, 6.07) is 8.48. The van der Waals surface area contributed by atoms with Crippen molar-refractivity contribution in [1.82, 2.24) is 4.47 Å². The zero-order valence-corrected chi connectivity index (χ0v) is 14.2. The summed E-state index contributed by atoms with van der Waals surface area (Å²) in [4.78, 5) is 4.66. The number of benzene rings is 1. The molecule has 0 bridgehead atoms. The van der Waals surface area contributed by atoms with E-state index in [0.717, 1.165) is 15.8 Å². The molecule has 1 heterocycles. The van der Waals surface area contributed by atoms with Crippen molar-refractivity contribution in [3.8, 4) is 0 Å². The van der Waals surface area contributed by atoms with Crippen molar-refractivity contribution >= 4 is 37.1 Å². The molecular formula is C12H14N2O5S3. The van der Waals surface area contributed by atoms with Gasteiger partial charge in [0.25, 0.3) is 20.0 Å². The SMILES string of the molecule is CON(C)S(=O)(=O)c1ccc(NS(=O)(=O)c2cccs2)cc1. The molecule has 0 aliphatic heterocycles. The first-order chi connectivity index (χ1) is 10.3. The molecule has 7 nitrogen and oxygen atoms in total. The highest BCUT2D eigenvalue weighted by molar-refractivity contribution is 7.94. The molecule has 0 saturated carbocycles. The van der Waals surface area contributed by atoms with E-state index in [0.29, 0.717) is 0 Å². The van der Waals surface area contributed by atoms with Crippen molar-refractivity contribution < 1.29 is 21.7 Å². The van der Waals surface area contributed by atoms with Crippen LogP contribution in [-0.4, -0.2) is 35.5 Å².